The summed E-state index contributed by atoms with van der Waals surface area (Å²) in [6.07, 6.45) is -3.36. The highest BCUT2D eigenvalue weighted by Gasteiger charge is 2.31. The van der Waals surface area contributed by atoms with Gasteiger partial charge in [0.1, 0.15) is 23.0 Å². The Bertz CT molecular complexity index is 864. The number of hydrogen-bond acceptors (Lipinski definition) is 5. The third-order valence-electron chi connectivity index (χ3n) is 2.76. The smallest absolute Gasteiger partial charge is 0.460 e. The van der Waals surface area contributed by atoms with Gasteiger partial charge < -0.3 is 9.15 Å². The number of furan rings is 1. The van der Waals surface area contributed by atoms with Crippen molar-refractivity contribution in [3.63, 3.8) is 0 Å². The van der Waals surface area contributed by atoms with E-state index in [1.54, 1.807) is 6.07 Å². The van der Waals surface area contributed by atoms with E-state index in [0.29, 0.717) is 22.4 Å². The molecule has 110 valence electrons. The van der Waals surface area contributed by atoms with Crippen molar-refractivity contribution in [2.24, 2.45) is 0 Å². The quantitative estimate of drug-likeness (QED) is 0.722. The van der Waals surface area contributed by atoms with Crippen LogP contribution in [0.4, 0.5) is 13.2 Å². The van der Waals surface area contributed by atoms with Gasteiger partial charge >= 0.3 is 6.36 Å². The molecule has 1 aromatic carbocycles. The zero-order valence-corrected chi connectivity index (χ0v) is 10.8. The molecule has 0 aliphatic carbocycles. The summed E-state index contributed by atoms with van der Waals surface area (Å²) in [6, 6.07) is 8.50. The van der Waals surface area contributed by atoms with Crippen LogP contribution in [-0.2, 0) is 0 Å². The molecule has 0 saturated heterocycles. The van der Waals surface area contributed by atoms with Gasteiger partial charge in [-0.3, -0.25) is 0 Å². The lowest BCUT2D eigenvalue weighted by molar-refractivity contribution is -0.274. The summed E-state index contributed by atoms with van der Waals surface area (Å²) in [6.45, 7) is 0. The van der Waals surface area contributed by atoms with Crippen LogP contribution >= 0.6 is 0 Å². The van der Waals surface area contributed by atoms with Crippen LogP contribution in [0.3, 0.4) is 0 Å². The summed E-state index contributed by atoms with van der Waals surface area (Å²) in [5, 5.41) is 8.93. The number of nitrogens with zero attached hydrogens (tertiary/aromatic N) is 3. The number of benzene rings is 1. The van der Waals surface area contributed by atoms with Crippen molar-refractivity contribution in [3.05, 3.63) is 42.4 Å². The lowest BCUT2D eigenvalue weighted by Gasteiger charge is -2.09. The van der Waals surface area contributed by atoms with Gasteiger partial charge in [0.25, 0.3) is 0 Å². The molecule has 2 aromatic heterocycles. The van der Waals surface area contributed by atoms with Crippen molar-refractivity contribution in [2.45, 2.75) is 6.36 Å². The molecule has 0 amide bonds. The molecule has 0 fully saturated rings. The molecule has 0 bridgehead atoms. The molecule has 3 aromatic rings. The molecule has 0 radical (unpaired) electrons. The Labute approximate surface area is 121 Å². The van der Waals surface area contributed by atoms with E-state index < -0.39 is 6.36 Å². The van der Waals surface area contributed by atoms with Crippen LogP contribution in [-0.4, -0.2) is 16.3 Å². The topological polar surface area (TPSA) is 71.9 Å². The monoisotopic (exact) mass is 305 g/mol. The van der Waals surface area contributed by atoms with E-state index in [1.165, 1.54) is 18.4 Å². The molecule has 3 rings (SSSR count). The summed E-state index contributed by atoms with van der Waals surface area (Å²) in [5.74, 6) is -0.402. The zero-order valence-electron chi connectivity index (χ0n) is 10.8. The summed E-state index contributed by atoms with van der Waals surface area (Å²) < 4.78 is 45.5. The number of alkyl halides is 3. The second-order valence-electron chi connectivity index (χ2n) is 4.21. The van der Waals surface area contributed by atoms with Gasteiger partial charge in [0.2, 0.25) is 5.82 Å². The Balaban J connectivity index is 2.04. The maximum absolute atomic E-state index is 12.1. The predicted molar refractivity (Wildman–Crippen MR) is 68.6 cm³/mol. The van der Waals surface area contributed by atoms with E-state index in [1.807, 2.05) is 6.07 Å². The number of hydrogen-bond donors (Lipinski definition) is 0. The third-order valence-corrected chi connectivity index (χ3v) is 2.76. The van der Waals surface area contributed by atoms with Gasteiger partial charge in [-0.25, -0.2) is 9.97 Å². The molecule has 0 spiro atoms. The Morgan fingerprint density at radius 3 is 2.45 bits per heavy atom. The van der Waals surface area contributed by atoms with Crippen LogP contribution in [0.1, 0.15) is 5.82 Å². The number of fused-ring (bicyclic) bond motifs is 1. The van der Waals surface area contributed by atoms with E-state index in [-0.39, 0.29) is 11.6 Å². The van der Waals surface area contributed by atoms with E-state index in [4.69, 9.17) is 9.68 Å². The second-order valence-corrected chi connectivity index (χ2v) is 4.21. The second kappa shape index (κ2) is 5.04. The Hall–Kier alpha value is -3.08. The van der Waals surface area contributed by atoms with E-state index in [2.05, 4.69) is 14.7 Å². The number of rotatable bonds is 2. The molecule has 2 heterocycles. The highest BCUT2D eigenvalue weighted by molar-refractivity contribution is 5.87. The van der Waals surface area contributed by atoms with Gasteiger partial charge in [0.05, 0.1) is 6.26 Å². The lowest BCUT2D eigenvalue weighted by Crippen LogP contribution is -2.16. The van der Waals surface area contributed by atoms with Crippen molar-refractivity contribution in [2.75, 3.05) is 0 Å². The van der Waals surface area contributed by atoms with Gasteiger partial charge in [-0.2, -0.15) is 5.26 Å². The SMILES string of the molecule is N#Cc1nc(-c2ccc(OC(F)(F)F)cc2)c2occc2n1. The maximum Gasteiger partial charge on any atom is 0.573 e. The summed E-state index contributed by atoms with van der Waals surface area (Å²) in [5.41, 5.74) is 1.60. The Morgan fingerprint density at radius 2 is 1.82 bits per heavy atom. The molecule has 0 aliphatic heterocycles. The van der Waals surface area contributed by atoms with Crippen molar-refractivity contribution >= 4 is 11.1 Å². The zero-order chi connectivity index (χ0) is 15.7. The summed E-state index contributed by atoms with van der Waals surface area (Å²) >= 11 is 0. The molecule has 0 aliphatic rings. The fourth-order valence-corrected chi connectivity index (χ4v) is 1.92. The molecule has 8 heteroatoms. The molecule has 5 nitrogen and oxygen atoms in total. The molecule has 22 heavy (non-hydrogen) atoms. The standard InChI is InChI=1S/C14H6F3N3O2/c15-14(16,17)22-9-3-1-8(2-4-9)12-13-10(5-6-21-13)19-11(7-18)20-12/h1-6H. The number of nitriles is 1. The fraction of sp³-hybridized carbons (Fsp3) is 0.0714. The Morgan fingerprint density at radius 1 is 1.09 bits per heavy atom. The molecular weight excluding hydrogens is 299 g/mol. The number of halogens is 3. The first-order chi connectivity index (χ1) is 10.5. The molecule has 0 N–H and O–H groups in total. The highest BCUT2D eigenvalue weighted by atomic mass is 19.4. The van der Waals surface area contributed by atoms with Crippen molar-refractivity contribution in [1.29, 1.82) is 5.26 Å². The van der Waals surface area contributed by atoms with Crippen LogP contribution in [0.25, 0.3) is 22.4 Å². The third kappa shape index (κ3) is 2.69. The first-order valence-electron chi connectivity index (χ1n) is 5.98. The van der Waals surface area contributed by atoms with Gasteiger partial charge in [-0.15, -0.1) is 13.2 Å². The van der Waals surface area contributed by atoms with Gasteiger partial charge in [0, 0.05) is 11.6 Å². The first-order valence-corrected chi connectivity index (χ1v) is 5.98. The largest absolute Gasteiger partial charge is 0.573 e. The van der Waals surface area contributed by atoms with Crippen LogP contribution in [0, 0.1) is 11.3 Å². The molecule has 0 atom stereocenters. The summed E-state index contributed by atoms with van der Waals surface area (Å²) in [4.78, 5) is 8.00. The van der Waals surface area contributed by atoms with Crippen molar-refractivity contribution < 1.29 is 22.3 Å². The van der Waals surface area contributed by atoms with Crippen molar-refractivity contribution in [1.82, 2.24) is 9.97 Å². The average Bonchev–Trinajstić information content (AvgIpc) is 2.93. The van der Waals surface area contributed by atoms with E-state index in [0.717, 1.165) is 12.1 Å². The van der Waals surface area contributed by atoms with Crippen LogP contribution < -0.4 is 4.74 Å². The van der Waals surface area contributed by atoms with Crippen LogP contribution in [0.15, 0.2) is 41.0 Å². The van der Waals surface area contributed by atoms with Crippen molar-refractivity contribution in [3.8, 4) is 23.1 Å². The summed E-state index contributed by atoms with van der Waals surface area (Å²) in [7, 11) is 0. The number of ether oxygens (including phenoxy) is 1. The Kier molecular flexibility index (Phi) is 3.18. The maximum atomic E-state index is 12.1. The lowest BCUT2D eigenvalue weighted by atomic mass is 10.1. The van der Waals surface area contributed by atoms with Gasteiger partial charge in [-0.05, 0) is 24.3 Å². The number of aromatic nitrogens is 2. The first kappa shape index (κ1) is 13.9. The van der Waals surface area contributed by atoms with E-state index in [9.17, 15) is 13.2 Å². The minimum atomic E-state index is -4.75. The normalized spacial score (nSPS) is 11.4. The average molecular weight is 305 g/mol. The minimum absolute atomic E-state index is 0.0560. The predicted octanol–water partition coefficient (Wildman–Crippen LogP) is 3.66. The van der Waals surface area contributed by atoms with Crippen LogP contribution in [0.5, 0.6) is 5.75 Å². The molecular formula is C14H6F3N3O2. The fourth-order valence-electron chi connectivity index (χ4n) is 1.92. The molecule has 0 saturated carbocycles. The van der Waals surface area contributed by atoms with Crippen LogP contribution in [0.2, 0.25) is 0 Å². The van der Waals surface area contributed by atoms with E-state index >= 15 is 0 Å². The molecule has 0 unspecified atom stereocenters. The van der Waals surface area contributed by atoms with Gasteiger partial charge in [0.15, 0.2) is 5.58 Å². The van der Waals surface area contributed by atoms with Gasteiger partial charge in [-0.1, -0.05) is 0 Å². The highest BCUT2D eigenvalue weighted by Crippen LogP contribution is 2.29. The minimum Gasteiger partial charge on any atom is -0.460 e.